The number of hydrogen-bond donors (Lipinski definition) is 1. The van der Waals surface area contributed by atoms with Crippen LogP contribution >= 0.6 is 27.3 Å². The summed E-state index contributed by atoms with van der Waals surface area (Å²) in [6.45, 7) is 1.61. The Hall–Kier alpha value is -1.33. The van der Waals surface area contributed by atoms with Crippen molar-refractivity contribution in [2.24, 2.45) is 0 Å². The highest BCUT2D eigenvalue weighted by Gasteiger charge is 2.16. The van der Waals surface area contributed by atoms with E-state index >= 15 is 0 Å². The van der Waals surface area contributed by atoms with Crippen LogP contribution in [0.4, 0.5) is 5.69 Å². The van der Waals surface area contributed by atoms with Crippen molar-refractivity contribution in [2.75, 3.05) is 18.9 Å². The fourth-order valence-electron chi connectivity index (χ4n) is 2.40. The van der Waals surface area contributed by atoms with E-state index in [0.717, 1.165) is 28.7 Å². The Labute approximate surface area is 130 Å². The predicted molar refractivity (Wildman–Crippen MR) is 86.5 cm³/mol. The molecule has 0 fully saturated rings. The van der Waals surface area contributed by atoms with Crippen LogP contribution in [0.15, 0.2) is 34.1 Å². The number of halogens is 1. The number of hydrogen-bond acceptors (Lipinski definition) is 3. The van der Waals surface area contributed by atoms with Crippen molar-refractivity contribution in [3.8, 4) is 0 Å². The van der Waals surface area contributed by atoms with Gasteiger partial charge in [0, 0.05) is 39.6 Å². The summed E-state index contributed by atoms with van der Waals surface area (Å²) in [6, 6.07) is 7.98. The predicted octanol–water partition coefficient (Wildman–Crippen LogP) is 3.75. The van der Waals surface area contributed by atoms with Gasteiger partial charge in [0.05, 0.1) is 6.54 Å². The normalized spacial score (nSPS) is 12.9. The van der Waals surface area contributed by atoms with Crippen molar-refractivity contribution in [1.29, 1.82) is 0 Å². The zero-order chi connectivity index (χ0) is 14.1. The maximum atomic E-state index is 12.5. The average molecular weight is 351 g/mol. The molecule has 0 unspecified atom stereocenters. The second kappa shape index (κ2) is 5.58. The molecule has 1 amide bonds. The van der Waals surface area contributed by atoms with E-state index in [1.165, 1.54) is 10.4 Å². The molecule has 2 aromatic rings. The molecule has 1 aromatic heterocycles. The molecule has 1 aliphatic rings. The summed E-state index contributed by atoms with van der Waals surface area (Å²) >= 11 is 5.10. The summed E-state index contributed by atoms with van der Waals surface area (Å²) in [6.07, 6.45) is 0.998. The van der Waals surface area contributed by atoms with E-state index in [1.807, 2.05) is 30.6 Å². The number of amides is 1. The van der Waals surface area contributed by atoms with Crippen molar-refractivity contribution in [3.63, 3.8) is 0 Å². The highest BCUT2D eigenvalue weighted by molar-refractivity contribution is 9.10. The number of benzene rings is 1. The maximum absolute atomic E-state index is 12.5. The van der Waals surface area contributed by atoms with Crippen LogP contribution in [0.1, 0.15) is 20.8 Å². The smallest absolute Gasteiger partial charge is 0.253 e. The Morgan fingerprint density at radius 2 is 2.30 bits per heavy atom. The summed E-state index contributed by atoms with van der Waals surface area (Å²) in [5.41, 5.74) is 3.17. The lowest BCUT2D eigenvalue weighted by Gasteiger charge is -2.16. The zero-order valence-corrected chi connectivity index (χ0v) is 13.6. The van der Waals surface area contributed by atoms with Crippen LogP contribution in [0.3, 0.4) is 0 Å². The molecule has 104 valence electrons. The van der Waals surface area contributed by atoms with Gasteiger partial charge in [0.1, 0.15) is 0 Å². The second-order valence-corrected chi connectivity index (χ2v) is 6.85. The molecule has 3 nitrogen and oxygen atoms in total. The van der Waals surface area contributed by atoms with E-state index in [1.54, 1.807) is 16.2 Å². The van der Waals surface area contributed by atoms with E-state index in [9.17, 15) is 4.79 Å². The van der Waals surface area contributed by atoms with Crippen molar-refractivity contribution < 1.29 is 4.79 Å². The fraction of sp³-hybridized carbons (Fsp3) is 0.267. The van der Waals surface area contributed by atoms with Crippen LogP contribution in [-0.2, 0) is 13.0 Å². The van der Waals surface area contributed by atoms with Crippen LogP contribution in [0.5, 0.6) is 0 Å². The highest BCUT2D eigenvalue weighted by atomic mass is 79.9. The Kier molecular flexibility index (Phi) is 3.81. The zero-order valence-electron chi connectivity index (χ0n) is 11.1. The van der Waals surface area contributed by atoms with Crippen molar-refractivity contribution in [1.82, 2.24) is 4.90 Å². The van der Waals surface area contributed by atoms with Gasteiger partial charge in [-0.05, 0) is 52.2 Å². The molecule has 0 bridgehead atoms. The van der Waals surface area contributed by atoms with E-state index in [-0.39, 0.29) is 5.91 Å². The second-order valence-electron chi connectivity index (χ2n) is 4.94. The van der Waals surface area contributed by atoms with Gasteiger partial charge in [-0.15, -0.1) is 11.3 Å². The fourth-order valence-corrected chi connectivity index (χ4v) is 3.90. The molecule has 1 aromatic carbocycles. The number of rotatable bonds is 3. The summed E-state index contributed by atoms with van der Waals surface area (Å²) in [5.74, 6) is 0.0734. The van der Waals surface area contributed by atoms with E-state index < -0.39 is 0 Å². The SMILES string of the molecule is CN(Cc1cc(Br)cs1)C(=O)c1ccc2c(c1)CCN2. The summed E-state index contributed by atoms with van der Waals surface area (Å²) in [7, 11) is 1.85. The maximum Gasteiger partial charge on any atom is 0.253 e. The Bertz CT molecular complexity index is 653. The van der Waals surface area contributed by atoms with Gasteiger partial charge in [0.25, 0.3) is 5.91 Å². The number of thiophene rings is 1. The standard InChI is InChI=1S/C15H15BrN2OS/c1-18(8-13-7-12(16)9-20-13)15(19)11-2-3-14-10(6-11)4-5-17-14/h2-3,6-7,9,17H,4-5,8H2,1H3. The van der Waals surface area contributed by atoms with Crippen LogP contribution in [0.2, 0.25) is 0 Å². The number of carbonyl (C=O) groups excluding carboxylic acids is 1. The number of carbonyl (C=O) groups is 1. The molecule has 2 heterocycles. The minimum atomic E-state index is 0.0734. The summed E-state index contributed by atoms with van der Waals surface area (Å²) in [5, 5.41) is 5.35. The van der Waals surface area contributed by atoms with E-state index in [2.05, 4.69) is 27.3 Å². The topological polar surface area (TPSA) is 32.3 Å². The van der Waals surface area contributed by atoms with Gasteiger partial charge in [-0.2, -0.15) is 0 Å². The Morgan fingerprint density at radius 3 is 3.05 bits per heavy atom. The van der Waals surface area contributed by atoms with Crippen LogP contribution in [-0.4, -0.2) is 24.4 Å². The first kappa shape index (κ1) is 13.6. The molecule has 1 aliphatic heterocycles. The van der Waals surface area contributed by atoms with Crippen LogP contribution in [0.25, 0.3) is 0 Å². The highest BCUT2D eigenvalue weighted by Crippen LogP contribution is 2.25. The lowest BCUT2D eigenvalue weighted by atomic mass is 10.1. The third kappa shape index (κ3) is 2.74. The van der Waals surface area contributed by atoms with E-state index in [0.29, 0.717) is 6.54 Å². The summed E-state index contributed by atoms with van der Waals surface area (Å²) in [4.78, 5) is 15.4. The molecule has 1 N–H and O–H groups in total. The van der Waals surface area contributed by atoms with Crippen molar-refractivity contribution in [2.45, 2.75) is 13.0 Å². The number of nitrogens with one attached hydrogen (secondary N) is 1. The van der Waals surface area contributed by atoms with E-state index in [4.69, 9.17) is 0 Å². The van der Waals surface area contributed by atoms with Gasteiger partial charge < -0.3 is 10.2 Å². The minimum Gasteiger partial charge on any atom is -0.384 e. The molecule has 0 spiro atoms. The monoisotopic (exact) mass is 350 g/mol. The molecular formula is C15H15BrN2OS. The molecular weight excluding hydrogens is 336 g/mol. The molecule has 0 saturated carbocycles. The quantitative estimate of drug-likeness (QED) is 0.914. The minimum absolute atomic E-state index is 0.0734. The lowest BCUT2D eigenvalue weighted by molar-refractivity contribution is 0.0786. The van der Waals surface area contributed by atoms with Crippen LogP contribution < -0.4 is 5.32 Å². The molecule has 3 rings (SSSR count). The van der Waals surface area contributed by atoms with Crippen molar-refractivity contribution >= 4 is 38.9 Å². The van der Waals surface area contributed by atoms with Gasteiger partial charge in [0.2, 0.25) is 0 Å². The number of nitrogens with zero attached hydrogens (tertiary/aromatic N) is 1. The molecule has 0 aliphatic carbocycles. The molecule has 0 saturated heterocycles. The molecule has 5 heteroatoms. The van der Waals surface area contributed by atoms with Gasteiger partial charge in [-0.1, -0.05) is 0 Å². The van der Waals surface area contributed by atoms with Gasteiger partial charge in [0.15, 0.2) is 0 Å². The number of anilines is 1. The third-order valence-corrected chi connectivity index (χ3v) is 5.11. The average Bonchev–Trinajstić information content (AvgIpc) is 3.05. The Balaban J connectivity index is 1.74. The summed E-state index contributed by atoms with van der Waals surface area (Å²) < 4.78 is 1.07. The molecule has 20 heavy (non-hydrogen) atoms. The molecule has 0 radical (unpaired) electrons. The lowest BCUT2D eigenvalue weighted by Crippen LogP contribution is -2.25. The largest absolute Gasteiger partial charge is 0.384 e. The molecule has 0 atom stereocenters. The van der Waals surface area contributed by atoms with Crippen LogP contribution in [0, 0.1) is 0 Å². The van der Waals surface area contributed by atoms with Gasteiger partial charge >= 0.3 is 0 Å². The van der Waals surface area contributed by atoms with Gasteiger partial charge in [-0.25, -0.2) is 0 Å². The first-order valence-electron chi connectivity index (χ1n) is 6.48. The third-order valence-electron chi connectivity index (χ3n) is 3.42. The first-order valence-corrected chi connectivity index (χ1v) is 8.16. The van der Waals surface area contributed by atoms with Gasteiger partial charge in [-0.3, -0.25) is 4.79 Å². The first-order chi connectivity index (χ1) is 9.63. The Morgan fingerprint density at radius 1 is 1.45 bits per heavy atom. The van der Waals surface area contributed by atoms with Crippen molar-refractivity contribution in [3.05, 3.63) is 50.1 Å². The number of fused-ring (bicyclic) bond motifs is 1.